The standard InChI is InChI=1S/C14H16N2O/c17-11-14(13-6-2-1-3-7-13)16-10-12-5-4-8-15-9-12/h1-9,14,16-17H,10-11H2. The summed E-state index contributed by atoms with van der Waals surface area (Å²) in [7, 11) is 0. The quantitative estimate of drug-likeness (QED) is 0.821. The molecule has 2 aromatic rings. The molecule has 0 spiro atoms. The van der Waals surface area contributed by atoms with E-state index in [1.54, 1.807) is 6.20 Å². The number of rotatable bonds is 5. The van der Waals surface area contributed by atoms with E-state index in [1.807, 2.05) is 48.7 Å². The minimum Gasteiger partial charge on any atom is -0.394 e. The fourth-order valence-corrected chi connectivity index (χ4v) is 1.72. The van der Waals surface area contributed by atoms with E-state index in [9.17, 15) is 5.11 Å². The van der Waals surface area contributed by atoms with E-state index in [2.05, 4.69) is 10.3 Å². The predicted molar refractivity (Wildman–Crippen MR) is 67.3 cm³/mol. The number of aliphatic hydroxyl groups is 1. The Labute approximate surface area is 101 Å². The van der Waals surface area contributed by atoms with Gasteiger partial charge in [-0.05, 0) is 17.2 Å². The molecule has 0 bridgehead atoms. The predicted octanol–water partition coefficient (Wildman–Crippen LogP) is 1.90. The van der Waals surface area contributed by atoms with Crippen LogP contribution in [0.4, 0.5) is 0 Å². The average Bonchev–Trinajstić information content (AvgIpc) is 2.42. The second-order valence-electron chi connectivity index (χ2n) is 3.89. The zero-order valence-corrected chi connectivity index (χ0v) is 9.58. The first-order valence-electron chi connectivity index (χ1n) is 5.68. The minimum atomic E-state index is -0.0311. The molecular weight excluding hydrogens is 212 g/mol. The van der Waals surface area contributed by atoms with Crippen molar-refractivity contribution in [2.24, 2.45) is 0 Å². The van der Waals surface area contributed by atoms with Gasteiger partial charge in [-0.15, -0.1) is 0 Å². The van der Waals surface area contributed by atoms with Crippen molar-refractivity contribution in [2.75, 3.05) is 6.61 Å². The van der Waals surface area contributed by atoms with Gasteiger partial charge in [-0.25, -0.2) is 0 Å². The molecule has 0 aliphatic carbocycles. The normalized spacial score (nSPS) is 12.3. The molecule has 0 amide bonds. The number of nitrogens with zero attached hydrogens (tertiary/aromatic N) is 1. The number of hydrogen-bond donors (Lipinski definition) is 2. The number of aromatic nitrogens is 1. The lowest BCUT2D eigenvalue weighted by molar-refractivity contribution is 0.243. The highest BCUT2D eigenvalue weighted by molar-refractivity contribution is 5.19. The lowest BCUT2D eigenvalue weighted by Gasteiger charge is -2.16. The Morgan fingerprint density at radius 2 is 1.94 bits per heavy atom. The van der Waals surface area contributed by atoms with Crippen LogP contribution in [-0.2, 0) is 6.54 Å². The summed E-state index contributed by atoms with van der Waals surface area (Å²) in [5, 5.41) is 12.7. The van der Waals surface area contributed by atoms with Gasteiger partial charge in [-0.1, -0.05) is 36.4 Å². The van der Waals surface area contributed by atoms with Gasteiger partial charge in [-0.2, -0.15) is 0 Å². The molecule has 1 unspecified atom stereocenters. The summed E-state index contributed by atoms with van der Waals surface area (Å²) in [6, 6.07) is 13.8. The molecule has 3 nitrogen and oxygen atoms in total. The van der Waals surface area contributed by atoms with Crippen LogP contribution in [0.25, 0.3) is 0 Å². The first-order valence-corrected chi connectivity index (χ1v) is 5.68. The Balaban J connectivity index is 1.97. The second-order valence-corrected chi connectivity index (χ2v) is 3.89. The van der Waals surface area contributed by atoms with Gasteiger partial charge in [0.05, 0.1) is 12.6 Å². The third-order valence-corrected chi connectivity index (χ3v) is 2.66. The van der Waals surface area contributed by atoms with Crippen molar-refractivity contribution in [3.8, 4) is 0 Å². The maximum atomic E-state index is 9.38. The largest absolute Gasteiger partial charge is 0.394 e. The maximum Gasteiger partial charge on any atom is 0.0626 e. The van der Waals surface area contributed by atoms with Crippen LogP contribution >= 0.6 is 0 Å². The zero-order chi connectivity index (χ0) is 11.9. The molecule has 2 rings (SSSR count). The summed E-state index contributed by atoms with van der Waals surface area (Å²) >= 11 is 0. The summed E-state index contributed by atoms with van der Waals surface area (Å²) in [6.07, 6.45) is 3.58. The van der Waals surface area contributed by atoms with E-state index < -0.39 is 0 Å². The van der Waals surface area contributed by atoms with E-state index in [0.717, 1.165) is 11.1 Å². The monoisotopic (exact) mass is 228 g/mol. The highest BCUT2D eigenvalue weighted by Crippen LogP contribution is 2.12. The summed E-state index contributed by atoms with van der Waals surface area (Å²) < 4.78 is 0. The fourth-order valence-electron chi connectivity index (χ4n) is 1.72. The summed E-state index contributed by atoms with van der Waals surface area (Å²) in [6.45, 7) is 0.790. The Morgan fingerprint density at radius 3 is 2.59 bits per heavy atom. The smallest absolute Gasteiger partial charge is 0.0626 e. The number of nitrogens with one attached hydrogen (secondary N) is 1. The van der Waals surface area contributed by atoms with Crippen molar-refractivity contribution in [3.63, 3.8) is 0 Å². The molecule has 17 heavy (non-hydrogen) atoms. The molecule has 88 valence electrons. The molecule has 1 atom stereocenters. The average molecular weight is 228 g/mol. The van der Waals surface area contributed by atoms with Gasteiger partial charge in [0.2, 0.25) is 0 Å². The van der Waals surface area contributed by atoms with Crippen LogP contribution in [0.5, 0.6) is 0 Å². The van der Waals surface area contributed by atoms with E-state index in [4.69, 9.17) is 0 Å². The summed E-state index contributed by atoms with van der Waals surface area (Å²) in [5.41, 5.74) is 2.21. The van der Waals surface area contributed by atoms with Crippen molar-refractivity contribution in [3.05, 3.63) is 66.0 Å². The minimum absolute atomic E-state index is 0.0311. The van der Waals surface area contributed by atoms with Crippen LogP contribution in [0.15, 0.2) is 54.9 Å². The molecule has 0 saturated heterocycles. The molecule has 3 heteroatoms. The lowest BCUT2D eigenvalue weighted by atomic mass is 10.1. The number of benzene rings is 1. The summed E-state index contributed by atoms with van der Waals surface area (Å²) in [4.78, 5) is 4.06. The topological polar surface area (TPSA) is 45.1 Å². The number of aliphatic hydroxyl groups excluding tert-OH is 1. The Hall–Kier alpha value is -1.71. The SMILES string of the molecule is OCC(NCc1cccnc1)c1ccccc1. The van der Waals surface area contributed by atoms with E-state index in [1.165, 1.54) is 0 Å². The zero-order valence-electron chi connectivity index (χ0n) is 9.58. The van der Waals surface area contributed by atoms with Gasteiger partial charge in [0.1, 0.15) is 0 Å². The van der Waals surface area contributed by atoms with Gasteiger partial charge in [0, 0.05) is 18.9 Å². The van der Waals surface area contributed by atoms with Crippen molar-refractivity contribution in [1.82, 2.24) is 10.3 Å². The molecule has 0 radical (unpaired) electrons. The number of hydrogen-bond acceptors (Lipinski definition) is 3. The highest BCUT2D eigenvalue weighted by atomic mass is 16.3. The van der Waals surface area contributed by atoms with Crippen molar-refractivity contribution < 1.29 is 5.11 Å². The highest BCUT2D eigenvalue weighted by Gasteiger charge is 2.08. The fraction of sp³-hybridized carbons (Fsp3) is 0.214. The van der Waals surface area contributed by atoms with E-state index in [0.29, 0.717) is 6.54 Å². The Kier molecular flexibility index (Phi) is 4.24. The molecule has 1 aromatic heterocycles. The van der Waals surface area contributed by atoms with Crippen LogP contribution in [0.3, 0.4) is 0 Å². The molecule has 1 aromatic carbocycles. The van der Waals surface area contributed by atoms with Gasteiger partial charge in [0.15, 0.2) is 0 Å². The van der Waals surface area contributed by atoms with Gasteiger partial charge in [-0.3, -0.25) is 4.98 Å². The molecule has 0 aliphatic heterocycles. The second kappa shape index (κ2) is 6.13. The van der Waals surface area contributed by atoms with Crippen LogP contribution in [-0.4, -0.2) is 16.7 Å². The Bertz CT molecular complexity index is 430. The van der Waals surface area contributed by atoms with Gasteiger partial charge >= 0.3 is 0 Å². The molecule has 2 N–H and O–H groups in total. The van der Waals surface area contributed by atoms with Crippen LogP contribution in [0.2, 0.25) is 0 Å². The van der Waals surface area contributed by atoms with E-state index >= 15 is 0 Å². The molecule has 1 heterocycles. The van der Waals surface area contributed by atoms with Gasteiger partial charge < -0.3 is 10.4 Å². The van der Waals surface area contributed by atoms with Crippen molar-refractivity contribution in [1.29, 1.82) is 0 Å². The molecular formula is C14H16N2O. The van der Waals surface area contributed by atoms with E-state index in [-0.39, 0.29) is 12.6 Å². The number of pyridine rings is 1. The van der Waals surface area contributed by atoms with Crippen LogP contribution < -0.4 is 5.32 Å². The van der Waals surface area contributed by atoms with Crippen LogP contribution in [0.1, 0.15) is 17.2 Å². The van der Waals surface area contributed by atoms with Gasteiger partial charge in [0.25, 0.3) is 0 Å². The third-order valence-electron chi connectivity index (χ3n) is 2.66. The third kappa shape index (κ3) is 3.37. The molecule has 0 saturated carbocycles. The van der Waals surface area contributed by atoms with Crippen molar-refractivity contribution >= 4 is 0 Å². The van der Waals surface area contributed by atoms with Crippen molar-refractivity contribution in [2.45, 2.75) is 12.6 Å². The molecule has 0 aliphatic rings. The maximum absolute atomic E-state index is 9.38. The Morgan fingerprint density at radius 1 is 1.12 bits per heavy atom. The molecule has 0 fully saturated rings. The summed E-state index contributed by atoms with van der Waals surface area (Å²) in [5.74, 6) is 0. The van der Waals surface area contributed by atoms with Crippen LogP contribution in [0, 0.1) is 0 Å². The lowest BCUT2D eigenvalue weighted by Crippen LogP contribution is -2.23. The first-order chi connectivity index (χ1) is 8.40. The first kappa shape index (κ1) is 11.8.